The summed E-state index contributed by atoms with van der Waals surface area (Å²) >= 11 is 0. The van der Waals surface area contributed by atoms with E-state index in [-0.39, 0.29) is 25.8 Å². The number of rotatable bonds is 18. The average molecular weight is 785 g/mol. The SMILES string of the molecule is CCOP(=O)(CC[C@H]1O[C@H](COC(C)=O)[C@@H](O[C@@H]2O[C@H](COC(C)=O)[C@@H](OC(C)=O)[C@H](OC(C)=O)[C@H]2OC(C)=O)[C@H](OC(C)=O)[C@H]1OC(C)=O)OCC. The molecule has 2 aliphatic rings. The maximum atomic E-state index is 13.4. The van der Waals surface area contributed by atoms with E-state index in [1.165, 1.54) is 0 Å². The molecular formula is C32H49O20P. The van der Waals surface area contributed by atoms with Crippen LogP contribution in [0.1, 0.15) is 68.7 Å². The predicted octanol–water partition coefficient (Wildman–Crippen LogP) is 1.30. The summed E-state index contributed by atoms with van der Waals surface area (Å²) in [5.41, 5.74) is 0. The van der Waals surface area contributed by atoms with Gasteiger partial charge in [-0.25, -0.2) is 0 Å². The van der Waals surface area contributed by atoms with E-state index < -0.39 is 124 Å². The molecule has 0 unspecified atom stereocenters. The van der Waals surface area contributed by atoms with Crippen molar-refractivity contribution in [1.82, 2.24) is 0 Å². The summed E-state index contributed by atoms with van der Waals surface area (Å²) in [5, 5.41) is 0. The van der Waals surface area contributed by atoms with E-state index in [1.807, 2.05) is 0 Å². The summed E-state index contributed by atoms with van der Waals surface area (Å²) in [5.74, 6) is -5.94. The second-order valence-electron chi connectivity index (χ2n) is 11.8. The van der Waals surface area contributed by atoms with Crippen LogP contribution in [-0.4, -0.2) is 136 Å². The Morgan fingerprint density at radius 1 is 0.491 bits per heavy atom. The highest BCUT2D eigenvalue weighted by atomic mass is 31.2. The molecule has 302 valence electrons. The van der Waals surface area contributed by atoms with Gasteiger partial charge in [-0.3, -0.25) is 38.1 Å². The fourth-order valence-corrected chi connectivity index (χ4v) is 7.37. The topological polar surface area (TPSA) is 247 Å². The molecule has 0 bridgehead atoms. The van der Waals surface area contributed by atoms with Gasteiger partial charge in [0, 0.05) is 48.5 Å². The number of hydrogen-bond donors (Lipinski definition) is 0. The third-order valence-corrected chi connectivity index (χ3v) is 9.47. The van der Waals surface area contributed by atoms with E-state index in [9.17, 15) is 38.1 Å². The molecule has 0 saturated carbocycles. The first-order chi connectivity index (χ1) is 24.8. The van der Waals surface area contributed by atoms with Gasteiger partial charge in [-0.1, -0.05) is 0 Å². The largest absolute Gasteiger partial charge is 0.463 e. The highest BCUT2D eigenvalue weighted by Gasteiger charge is 2.57. The Morgan fingerprint density at radius 2 is 0.868 bits per heavy atom. The van der Waals surface area contributed by atoms with Crippen molar-refractivity contribution in [2.75, 3.05) is 32.6 Å². The van der Waals surface area contributed by atoms with Gasteiger partial charge < -0.3 is 56.4 Å². The number of carbonyl (C=O) groups excluding carboxylic acids is 7. The van der Waals surface area contributed by atoms with E-state index in [2.05, 4.69) is 0 Å². The highest BCUT2D eigenvalue weighted by Crippen LogP contribution is 2.49. The number of ether oxygens (including phenoxy) is 10. The summed E-state index contributed by atoms with van der Waals surface area (Å²) in [7, 11) is -3.69. The third-order valence-electron chi connectivity index (χ3n) is 7.36. The quantitative estimate of drug-likeness (QED) is 0.108. The van der Waals surface area contributed by atoms with Gasteiger partial charge in [0.1, 0.15) is 31.5 Å². The molecule has 0 amide bonds. The van der Waals surface area contributed by atoms with Gasteiger partial charge in [-0.15, -0.1) is 0 Å². The summed E-state index contributed by atoms with van der Waals surface area (Å²) < 4.78 is 80.8. The number of hydrogen-bond acceptors (Lipinski definition) is 20. The first kappa shape index (κ1) is 45.5. The first-order valence-corrected chi connectivity index (χ1v) is 18.5. The van der Waals surface area contributed by atoms with Crippen LogP contribution in [0.3, 0.4) is 0 Å². The van der Waals surface area contributed by atoms with Gasteiger partial charge in [-0.2, -0.15) is 0 Å². The Bertz CT molecular complexity index is 1340. The van der Waals surface area contributed by atoms with Crippen molar-refractivity contribution in [3.63, 3.8) is 0 Å². The molecule has 10 atom stereocenters. The Morgan fingerprint density at radius 3 is 1.28 bits per heavy atom. The van der Waals surface area contributed by atoms with Crippen LogP contribution in [0, 0.1) is 0 Å². The predicted molar refractivity (Wildman–Crippen MR) is 174 cm³/mol. The van der Waals surface area contributed by atoms with Crippen molar-refractivity contribution < 1.29 is 94.5 Å². The molecule has 2 heterocycles. The molecule has 53 heavy (non-hydrogen) atoms. The molecule has 0 aromatic heterocycles. The zero-order valence-corrected chi connectivity index (χ0v) is 32.0. The number of carbonyl (C=O) groups is 7. The van der Waals surface area contributed by atoms with Crippen molar-refractivity contribution >= 4 is 49.4 Å². The summed E-state index contributed by atoms with van der Waals surface area (Å²) in [6.45, 7) is 9.64. The van der Waals surface area contributed by atoms with Crippen molar-refractivity contribution in [1.29, 1.82) is 0 Å². The van der Waals surface area contributed by atoms with Gasteiger partial charge in [0.05, 0.1) is 25.5 Å². The van der Waals surface area contributed by atoms with Crippen molar-refractivity contribution in [3.8, 4) is 0 Å². The standard InChI is InChI=1S/C32H49O20P/c1-10-43-53(40,44-11-2)13-12-23-26(45-18(5)35)29(47-20(7)37)28(24(50-23)14-41-16(3)33)52-32-31(49-22(9)39)30(48-21(8)38)27(46-19(6)36)25(51-32)15-42-17(4)34/h23-32H,10-15H2,1-9H3/t23-,24-,25-,26+,27-,28-,29-,30+,31-,32+/m1/s1. The first-order valence-electron chi connectivity index (χ1n) is 16.8. The molecule has 0 aliphatic carbocycles. The number of esters is 7. The maximum absolute atomic E-state index is 13.4. The molecule has 0 N–H and O–H groups in total. The maximum Gasteiger partial charge on any atom is 0.330 e. The van der Waals surface area contributed by atoms with Gasteiger partial charge >= 0.3 is 49.4 Å². The lowest BCUT2D eigenvalue weighted by Crippen LogP contribution is -2.67. The van der Waals surface area contributed by atoms with Crippen molar-refractivity contribution in [2.24, 2.45) is 0 Å². The molecule has 20 nitrogen and oxygen atoms in total. The van der Waals surface area contributed by atoms with Crippen LogP contribution >= 0.6 is 7.60 Å². The van der Waals surface area contributed by atoms with E-state index in [0.717, 1.165) is 48.5 Å². The molecule has 2 saturated heterocycles. The minimum absolute atomic E-state index is 0.0488. The van der Waals surface area contributed by atoms with Crippen LogP contribution in [0.15, 0.2) is 0 Å². The molecular weight excluding hydrogens is 735 g/mol. The molecule has 2 rings (SSSR count). The van der Waals surface area contributed by atoms with Gasteiger partial charge in [-0.05, 0) is 20.3 Å². The molecule has 0 radical (unpaired) electrons. The van der Waals surface area contributed by atoms with E-state index in [1.54, 1.807) is 13.8 Å². The minimum Gasteiger partial charge on any atom is -0.463 e. The van der Waals surface area contributed by atoms with Crippen LogP contribution in [-0.2, 0) is 94.5 Å². The van der Waals surface area contributed by atoms with Crippen LogP contribution < -0.4 is 0 Å². The smallest absolute Gasteiger partial charge is 0.330 e. The Balaban J connectivity index is 2.75. The lowest BCUT2D eigenvalue weighted by Gasteiger charge is -2.49. The molecule has 0 aromatic rings. The normalized spacial score (nSPS) is 28.5. The fraction of sp³-hybridized carbons (Fsp3) is 0.781. The monoisotopic (exact) mass is 784 g/mol. The molecule has 0 spiro atoms. The zero-order valence-electron chi connectivity index (χ0n) is 31.1. The van der Waals surface area contributed by atoms with Gasteiger partial charge in [0.15, 0.2) is 36.8 Å². The van der Waals surface area contributed by atoms with Crippen molar-refractivity contribution in [3.05, 3.63) is 0 Å². The molecule has 21 heteroatoms. The lowest BCUT2D eigenvalue weighted by molar-refractivity contribution is -0.345. The molecule has 0 aromatic carbocycles. The van der Waals surface area contributed by atoms with Crippen LogP contribution in [0.5, 0.6) is 0 Å². The van der Waals surface area contributed by atoms with Crippen LogP contribution in [0.4, 0.5) is 0 Å². The van der Waals surface area contributed by atoms with E-state index in [0.29, 0.717) is 0 Å². The lowest BCUT2D eigenvalue weighted by atomic mass is 9.92. The zero-order chi connectivity index (χ0) is 40.0. The van der Waals surface area contributed by atoms with E-state index in [4.69, 9.17) is 56.4 Å². The second kappa shape index (κ2) is 21.3. The van der Waals surface area contributed by atoms with Gasteiger partial charge in [0.25, 0.3) is 0 Å². The Labute approximate surface area is 306 Å². The summed E-state index contributed by atoms with van der Waals surface area (Å²) in [6, 6.07) is 0. The van der Waals surface area contributed by atoms with Crippen LogP contribution in [0.2, 0.25) is 0 Å². The second-order valence-corrected chi connectivity index (χ2v) is 14.0. The van der Waals surface area contributed by atoms with Crippen LogP contribution in [0.25, 0.3) is 0 Å². The molecule has 2 fully saturated rings. The fourth-order valence-electron chi connectivity index (χ4n) is 5.68. The Kier molecular flexibility index (Phi) is 18.3. The minimum atomic E-state index is -3.69. The summed E-state index contributed by atoms with van der Waals surface area (Å²) in [4.78, 5) is 85.7. The Hall–Kier alpha value is -3.68. The van der Waals surface area contributed by atoms with Gasteiger partial charge in [0.2, 0.25) is 0 Å². The third kappa shape index (κ3) is 14.6. The van der Waals surface area contributed by atoms with Crippen molar-refractivity contribution in [2.45, 2.75) is 130 Å². The highest BCUT2D eigenvalue weighted by molar-refractivity contribution is 7.53. The summed E-state index contributed by atoms with van der Waals surface area (Å²) in [6.07, 6.45) is -15.7. The van der Waals surface area contributed by atoms with E-state index >= 15 is 0 Å². The average Bonchev–Trinajstić information content (AvgIpc) is 3.02. The molecule has 2 aliphatic heterocycles.